The Labute approximate surface area is 107 Å². The summed E-state index contributed by atoms with van der Waals surface area (Å²) in [5, 5.41) is 5.11. The lowest BCUT2D eigenvalue weighted by Gasteiger charge is -2.11. The van der Waals surface area contributed by atoms with Gasteiger partial charge in [-0.1, -0.05) is 6.92 Å². The molecule has 0 fully saturated rings. The van der Waals surface area contributed by atoms with E-state index in [0.29, 0.717) is 11.4 Å². The topological polar surface area (TPSA) is 67.4 Å². The highest BCUT2D eigenvalue weighted by molar-refractivity contribution is 6.39. The highest BCUT2D eigenvalue weighted by Crippen LogP contribution is 2.14. The van der Waals surface area contributed by atoms with E-state index in [0.717, 1.165) is 6.42 Å². The average Bonchev–Trinajstić information content (AvgIpc) is 2.39. The monoisotopic (exact) mass is 250 g/mol. The van der Waals surface area contributed by atoms with Crippen LogP contribution in [0.5, 0.6) is 5.75 Å². The van der Waals surface area contributed by atoms with Crippen molar-refractivity contribution in [2.45, 2.75) is 26.3 Å². The molecule has 5 heteroatoms. The summed E-state index contributed by atoms with van der Waals surface area (Å²) in [6.07, 6.45) is 0.779. The summed E-state index contributed by atoms with van der Waals surface area (Å²) >= 11 is 0. The van der Waals surface area contributed by atoms with Gasteiger partial charge in [-0.05, 0) is 37.6 Å². The molecule has 0 saturated heterocycles. The van der Waals surface area contributed by atoms with Gasteiger partial charge in [0.15, 0.2) is 0 Å². The number of rotatable bonds is 4. The van der Waals surface area contributed by atoms with Gasteiger partial charge in [0.1, 0.15) is 5.75 Å². The zero-order chi connectivity index (χ0) is 13.5. The van der Waals surface area contributed by atoms with Crippen molar-refractivity contribution in [3.63, 3.8) is 0 Å². The number of amides is 2. The SMILES string of the molecule is CC[C@@H](C)NC(=O)C(=O)Nc1ccc(OC)cc1. The van der Waals surface area contributed by atoms with Crippen molar-refractivity contribution >= 4 is 17.5 Å². The average molecular weight is 250 g/mol. The van der Waals surface area contributed by atoms with Crippen LogP contribution < -0.4 is 15.4 Å². The second-order valence-electron chi connectivity index (χ2n) is 3.97. The molecule has 0 aliphatic carbocycles. The van der Waals surface area contributed by atoms with Crippen LogP contribution in [0, 0.1) is 0 Å². The third-order valence-electron chi connectivity index (χ3n) is 2.54. The first-order valence-electron chi connectivity index (χ1n) is 5.82. The van der Waals surface area contributed by atoms with Crippen LogP contribution in [0.15, 0.2) is 24.3 Å². The minimum atomic E-state index is -0.666. The summed E-state index contributed by atoms with van der Waals surface area (Å²) in [4.78, 5) is 23.1. The molecular formula is C13H18N2O3. The van der Waals surface area contributed by atoms with E-state index in [-0.39, 0.29) is 6.04 Å². The largest absolute Gasteiger partial charge is 0.497 e. The first kappa shape index (κ1) is 14.0. The summed E-state index contributed by atoms with van der Waals surface area (Å²) in [6, 6.07) is 6.75. The first-order valence-corrected chi connectivity index (χ1v) is 5.82. The van der Waals surface area contributed by atoms with E-state index in [4.69, 9.17) is 4.74 Å². The van der Waals surface area contributed by atoms with Gasteiger partial charge in [0.05, 0.1) is 7.11 Å². The molecule has 0 aromatic heterocycles. The van der Waals surface area contributed by atoms with E-state index in [1.165, 1.54) is 0 Å². The summed E-state index contributed by atoms with van der Waals surface area (Å²) in [5.41, 5.74) is 0.556. The van der Waals surface area contributed by atoms with Crippen LogP contribution >= 0.6 is 0 Å². The Hall–Kier alpha value is -2.04. The van der Waals surface area contributed by atoms with E-state index >= 15 is 0 Å². The van der Waals surface area contributed by atoms with Crippen LogP contribution in [-0.4, -0.2) is 25.0 Å². The number of methoxy groups -OCH3 is 1. The van der Waals surface area contributed by atoms with Crippen LogP contribution in [0.1, 0.15) is 20.3 Å². The van der Waals surface area contributed by atoms with Gasteiger partial charge in [0.2, 0.25) is 0 Å². The maximum atomic E-state index is 11.6. The Morgan fingerprint density at radius 2 is 1.83 bits per heavy atom. The van der Waals surface area contributed by atoms with Gasteiger partial charge in [0, 0.05) is 11.7 Å². The van der Waals surface area contributed by atoms with Crippen molar-refractivity contribution in [2.24, 2.45) is 0 Å². The lowest BCUT2D eigenvalue weighted by Crippen LogP contribution is -2.40. The maximum Gasteiger partial charge on any atom is 0.313 e. The van der Waals surface area contributed by atoms with Crippen LogP contribution in [0.25, 0.3) is 0 Å². The number of nitrogens with one attached hydrogen (secondary N) is 2. The van der Waals surface area contributed by atoms with Crippen LogP contribution in [0.2, 0.25) is 0 Å². The smallest absolute Gasteiger partial charge is 0.313 e. The molecule has 5 nitrogen and oxygen atoms in total. The van der Waals surface area contributed by atoms with Crippen molar-refractivity contribution in [3.05, 3.63) is 24.3 Å². The fourth-order valence-corrected chi connectivity index (χ4v) is 1.25. The fourth-order valence-electron chi connectivity index (χ4n) is 1.25. The Bertz CT molecular complexity index is 415. The number of hydrogen-bond donors (Lipinski definition) is 2. The van der Waals surface area contributed by atoms with Gasteiger partial charge >= 0.3 is 11.8 Å². The molecule has 1 atom stereocenters. The molecule has 1 aromatic carbocycles. The fraction of sp³-hybridized carbons (Fsp3) is 0.385. The van der Waals surface area contributed by atoms with Crippen LogP contribution in [0.4, 0.5) is 5.69 Å². The summed E-state index contributed by atoms with van der Waals surface area (Å²) in [7, 11) is 1.56. The van der Waals surface area contributed by atoms with Gasteiger partial charge in [-0.15, -0.1) is 0 Å². The van der Waals surface area contributed by atoms with Gasteiger partial charge in [0.25, 0.3) is 0 Å². The van der Waals surface area contributed by atoms with Crippen molar-refractivity contribution < 1.29 is 14.3 Å². The quantitative estimate of drug-likeness (QED) is 0.797. The molecule has 0 radical (unpaired) electrons. The predicted molar refractivity (Wildman–Crippen MR) is 69.5 cm³/mol. The van der Waals surface area contributed by atoms with Gasteiger partial charge < -0.3 is 15.4 Å². The normalized spacial score (nSPS) is 11.5. The molecule has 0 unspecified atom stereocenters. The number of carbonyl (C=O) groups excluding carboxylic acids is 2. The second kappa shape index (κ2) is 6.64. The number of carbonyl (C=O) groups is 2. The Kier molecular flexibility index (Phi) is 5.17. The van der Waals surface area contributed by atoms with Gasteiger partial charge in [-0.25, -0.2) is 0 Å². The lowest BCUT2D eigenvalue weighted by molar-refractivity contribution is -0.136. The molecule has 1 rings (SSSR count). The number of benzene rings is 1. The predicted octanol–water partition coefficient (Wildman–Crippen LogP) is 1.55. The van der Waals surface area contributed by atoms with Crippen molar-refractivity contribution in [3.8, 4) is 5.75 Å². The van der Waals surface area contributed by atoms with Crippen LogP contribution in [-0.2, 0) is 9.59 Å². The van der Waals surface area contributed by atoms with E-state index in [9.17, 15) is 9.59 Å². The third-order valence-corrected chi connectivity index (χ3v) is 2.54. The first-order chi connectivity index (χ1) is 8.56. The zero-order valence-corrected chi connectivity index (χ0v) is 10.8. The maximum absolute atomic E-state index is 11.6. The Morgan fingerprint density at radius 1 is 1.22 bits per heavy atom. The van der Waals surface area contributed by atoms with E-state index in [2.05, 4.69) is 10.6 Å². The molecule has 0 heterocycles. The molecule has 1 aromatic rings. The number of anilines is 1. The zero-order valence-electron chi connectivity index (χ0n) is 10.8. The molecule has 2 N–H and O–H groups in total. The molecule has 2 amide bonds. The van der Waals surface area contributed by atoms with E-state index < -0.39 is 11.8 Å². The van der Waals surface area contributed by atoms with Gasteiger partial charge in [-0.3, -0.25) is 9.59 Å². The van der Waals surface area contributed by atoms with Crippen molar-refractivity contribution in [1.82, 2.24) is 5.32 Å². The highest BCUT2D eigenvalue weighted by atomic mass is 16.5. The summed E-state index contributed by atoms with van der Waals surface area (Å²) < 4.78 is 5.00. The summed E-state index contributed by atoms with van der Waals surface area (Å²) in [5.74, 6) is -0.599. The molecule has 0 aliphatic heterocycles. The third kappa shape index (κ3) is 4.08. The number of hydrogen-bond acceptors (Lipinski definition) is 3. The highest BCUT2D eigenvalue weighted by Gasteiger charge is 2.15. The Balaban J connectivity index is 2.55. The van der Waals surface area contributed by atoms with Gasteiger partial charge in [-0.2, -0.15) is 0 Å². The van der Waals surface area contributed by atoms with E-state index in [1.54, 1.807) is 31.4 Å². The molecule has 0 aliphatic rings. The Morgan fingerprint density at radius 3 is 2.33 bits per heavy atom. The molecule has 18 heavy (non-hydrogen) atoms. The molecule has 0 saturated carbocycles. The van der Waals surface area contributed by atoms with E-state index in [1.807, 2.05) is 13.8 Å². The molecule has 0 bridgehead atoms. The molecular weight excluding hydrogens is 232 g/mol. The number of ether oxygens (including phenoxy) is 1. The minimum absolute atomic E-state index is 0.0147. The lowest BCUT2D eigenvalue weighted by atomic mass is 10.2. The second-order valence-corrected chi connectivity index (χ2v) is 3.97. The molecule has 0 spiro atoms. The minimum Gasteiger partial charge on any atom is -0.497 e. The van der Waals surface area contributed by atoms with Crippen molar-refractivity contribution in [1.29, 1.82) is 0 Å². The van der Waals surface area contributed by atoms with Crippen LogP contribution in [0.3, 0.4) is 0 Å². The molecule has 98 valence electrons. The summed E-state index contributed by atoms with van der Waals surface area (Å²) in [6.45, 7) is 3.78. The standard InChI is InChI=1S/C13H18N2O3/c1-4-9(2)14-12(16)13(17)15-10-5-7-11(18-3)8-6-10/h5-9H,4H2,1-3H3,(H,14,16)(H,15,17)/t9-/m1/s1. The van der Waals surface area contributed by atoms with Crippen molar-refractivity contribution in [2.75, 3.05) is 12.4 Å².